The van der Waals surface area contributed by atoms with Crippen LogP contribution in [0.1, 0.15) is 19.1 Å². The highest BCUT2D eigenvalue weighted by molar-refractivity contribution is 4.72. The van der Waals surface area contributed by atoms with Crippen LogP contribution >= 0.6 is 0 Å². The van der Waals surface area contributed by atoms with Gasteiger partial charge >= 0.3 is 5.69 Å². The highest BCUT2D eigenvalue weighted by atomic mass is 16.5. The number of ether oxygens (including phenoxy) is 1. The number of aromatic nitrogens is 3. The van der Waals surface area contributed by atoms with Gasteiger partial charge in [0.05, 0.1) is 0 Å². The van der Waals surface area contributed by atoms with Gasteiger partial charge in [-0.15, -0.1) is 0 Å². The number of rotatable bonds is 1. The molecule has 6 nitrogen and oxygen atoms in total. The van der Waals surface area contributed by atoms with E-state index < -0.39 is 11.2 Å². The molecule has 1 atom stereocenters. The van der Waals surface area contributed by atoms with Gasteiger partial charge in [0, 0.05) is 6.61 Å². The van der Waals surface area contributed by atoms with E-state index in [9.17, 15) is 9.59 Å². The summed E-state index contributed by atoms with van der Waals surface area (Å²) in [6.07, 6.45) is 2.43. The molecule has 0 spiro atoms. The molecule has 2 rings (SSSR count). The lowest BCUT2D eigenvalue weighted by Crippen LogP contribution is -2.33. The standard InChI is InChI=1S/C7H9N3O3/c11-5-4-8-10(7(12)9-5)6-2-1-3-13-6/h4,6H,1-3H2,(H,9,11,12). The van der Waals surface area contributed by atoms with Crippen LogP contribution in [0.4, 0.5) is 0 Å². The molecule has 0 aromatic carbocycles. The van der Waals surface area contributed by atoms with E-state index in [1.54, 1.807) is 0 Å². The fraction of sp³-hybridized carbons (Fsp3) is 0.571. The zero-order valence-corrected chi connectivity index (χ0v) is 6.90. The minimum Gasteiger partial charge on any atom is -0.356 e. The van der Waals surface area contributed by atoms with E-state index in [1.807, 2.05) is 0 Å². The third kappa shape index (κ3) is 1.52. The van der Waals surface area contributed by atoms with Gasteiger partial charge in [0.2, 0.25) is 0 Å². The van der Waals surface area contributed by atoms with Gasteiger partial charge in [-0.1, -0.05) is 0 Å². The minimum absolute atomic E-state index is 0.315. The summed E-state index contributed by atoms with van der Waals surface area (Å²) in [6.45, 7) is 0.637. The second-order valence-corrected chi connectivity index (χ2v) is 2.85. The Balaban J connectivity index is 2.40. The number of aromatic amines is 1. The van der Waals surface area contributed by atoms with E-state index in [1.165, 1.54) is 0 Å². The molecule has 1 saturated heterocycles. The predicted molar refractivity (Wildman–Crippen MR) is 43.3 cm³/mol. The predicted octanol–water partition coefficient (Wildman–Crippen LogP) is -0.759. The van der Waals surface area contributed by atoms with E-state index in [0.29, 0.717) is 6.61 Å². The molecule has 1 fully saturated rings. The van der Waals surface area contributed by atoms with Crippen LogP contribution in [0.2, 0.25) is 0 Å². The summed E-state index contributed by atoms with van der Waals surface area (Å²) in [6, 6.07) is 0. The van der Waals surface area contributed by atoms with E-state index in [-0.39, 0.29) is 6.23 Å². The largest absolute Gasteiger partial charge is 0.356 e. The van der Waals surface area contributed by atoms with E-state index in [2.05, 4.69) is 10.1 Å². The Morgan fingerprint density at radius 1 is 1.62 bits per heavy atom. The highest BCUT2D eigenvalue weighted by Gasteiger charge is 2.19. The third-order valence-electron chi connectivity index (χ3n) is 1.92. The average Bonchev–Trinajstić information content (AvgIpc) is 2.56. The summed E-state index contributed by atoms with van der Waals surface area (Å²) in [4.78, 5) is 24.0. The first-order valence-electron chi connectivity index (χ1n) is 4.07. The topological polar surface area (TPSA) is 77.0 Å². The second kappa shape index (κ2) is 3.14. The first-order valence-corrected chi connectivity index (χ1v) is 4.07. The number of hydrogen-bond acceptors (Lipinski definition) is 4. The normalized spacial score (nSPS) is 22.0. The van der Waals surface area contributed by atoms with Crippen molar-refractivity contribution in [3.05, 3.63) is 27.0 Å². The van der Waals surface area contributed by atoms with Gasteiger partial charge in [0.25, 0.3) is 5.56 Å². The van der Waals surface area contributed by atoms with Crippen molar-refractivity contribution in [2.24, 2.45) is 0 Å². The molecule has 0 saturated carbocycles. The molecule has 1 N–H and O–H groups in total. The number of nitrogens with zero attached hydrogens (tertiary/aromatic N) is 2. The molecule has 6 heteroatoms. The van der Waals surface area contributed by atoms with Gasteiger partial charge in [-0.3, -0.25) is 9.78 Å². The maximum absolute atomic E-state index is 11.2. The van der Waals surface area contributed by atoms with Crippen LogP contribution in [0.3, 0.4) is 0 Å². The third-order valence-corrected chi connectivity index (χ3v) is 1.92. The quantitative estimate of drug-likeness (QED) is 0.620. The molecule has 13 heavy (non-hydrogen) atoms. The molecule has 1 aliphatic heterocycles. The van der Waals surface area contributed by atoms with Crippen molar-refractivity contribution < 1.29 is 4.74 Å². The molecule has 0 radical (unpaired) electrons. The summed E-state index contributed by atoms with van der Waals surface area (Å²) in [5.41, 5.74) is -1.00. The molecule has 0 amide bonds. The van der Waals surface area contributed by atoms with Crippen LogP contribution in [-0.2, 0) is 4.74 Å². The van der Waals surface area contributed by atoms with Crippen LogP contribution < -0.4 is 11.2 Å². The van der Waals surface area contributed by atoms with Crippen molar-refractivity contribution in [2.45, 2.75) is 19.1 Å². The molecule has 1 aliphatic rings. The number of nitrogens with one attached hydrogen (secondary N) is 1. The Kier molecular flexibility index (Phi) is 1.97. The molecular formula is C7H9N3O3. The Labute approximate surface area is 73.2 Å². The maximum Gasteiger partial charge on any atom is 0.347 e. The van der Waals surface area contributed by atoms with Crippen LogP contribution in [0, 0.1) is 0 Å². The van der Waals surface area contributed by atoms with E-state index in [0.717, 1.165) is 23.7 Å². The first kappa shape index (κ1) is 8.18. The molecule has 0 aliphatic carbocycles. The summed E-state index contributed by atoms with van der Waals surface area (Å²) in [7, 11) is 0. The zero-order valence-electron chi connectivity index (χ0n) is 6.90. The first-order chi connectivity index (χ1) is 6.27. The van der Waals surface area contributed by atoms with Crippen LogP contribution in [0.25, 0.3) is 0 Å². The molecule has 2 heterocycles. The SMILES string of the molecule is O=c1cnn(C2CCCO2)c(=O)[nH]1. The van der Waals surface area contributed by atoms with Crippen LogP contribution in [-0.4, -0.2) is 21.4 Å². The van der Waals surface area contributed by atoms with E-state index in [4.69, 9.17) is 4.74 Å². The summed E-state index contributed by atoms with van der Waals surface area (Å²) in [5.74, 6) is 0. The van der Waals surface area contributed by atoms with Gasteiger partial charge in [-0.2, -0.15) is 9.78 Å². The highest BCUT2D eigenvalue weighted by Crippen LogP contribution is 2.19. The Hall–Kier alpha value is -1.43. The van der Waals surface area contributed by atoms with Gasteiger partial charge in [-0.25, -0.2) is 4.79 Å². The number of hydrogen-bond donors (Lipinski definition) is 1. The summed E-state index contributed by atoms with van der Waals surface area (Å²) >= 11 is 0. The maximum atomic E-state index is 11.2. The van der Waals surface area contributed by atoms with Crippen molar-refractivity contribution in [2.75, 3.05) is 6.61 Å². The molecule has 1 aromatic rings. The lowest BCUT2D eigenvalue weighted by molar-refractivity contribution is 0.0412. The minimum atomic E-state index is -0.514. The molecule has 1 aromatic heterocycles. The molecule has 1 unspecified atom stereocenters. The Morgan fingerprint density at radius 3 is 3.08 bits per heavy atom. The van der Waals surface area contributed by atoms with Gasteiger partial charge < -0.3 is 4.74 Å². The second-order valence-electron chi connectivity index (χ2n) is 2.85. The molecular weight excluding hydrogens is 174 g/mol. The van der Waals surface area contributed by atoms with Crippen molar-refractivity contribution in [3.8, 4) is 0 Å². The summed E-state index contributed by atoms with van der Waals surface area (Å²) in [5, 5.41) is 3.70. The van der Waals surface area contributed by atoms with Gasteiger partial charge in [-0.05, 0) is 12.8 Å². The number of H-pyrrole nitrogens is 1. The molecule has 0 bridgehead atoms. The Morgan fingerprint density at radius 2 is 2.46 bits per heavy atom. The van der Waals surface area contributed by atoms with Crippen molar-refractivity contribution >= 4 is 0 Å². The van der Waals surface area contributed by atoms with Crippen LogP contribution in [0.5, 0.6) is 0 Å². The van der Waals surface area contributed by atoms with Crippen LogP contribution in [0.15, 0.2) is 15.8 Å². The van der Waals surface area contributed by atoms with Crippen molar-refractivity contribution in [3.63, 3.8) is 0 Å². The zero-order chi connectivity index (χ0) is 9.26. The fourth-order valence-corrected chi connectivity index (χ4v) is 1.32. The average molecular weight is 183 g/mol. The monoisotopic (exact) mass is 183 g/mol. The Bertz CT molecular complexity index is 402. The van der Waals surface area contributed by atoms with Gasteiger partial charge in [0.15, 0.2) is 6.23 Å². The smallest absolute Gasteiger partial charge is 0.347 e. The summed E-state index contributed by atoms with van der Waals surface area (Å²) < 4.78 is 6.40. The van der Waals surface area contributed by atoms with Gasteiger partial charge in [0.1, 0.15) is 6.20 Å². The lowest BCUT2D eigenvalue weighted by Gasteiger charge is -2.09. The molecule has 70 valence electrons. The van der Waals surface area contributed by atoms with E-state index >= 15 is 0 Å². The van der Waals surface area contributed by atoms with Crippen molar-refractivity contribution in [1.29, 1.82) is 0 Å². The lowest BCUT2D eigenvalue weighted by atomic mass is 10.3. The van der Waals surface area contributed by atoms with Crippen molar-refractivity contribution in [1.82, 2.24) is 14.8 Å². The fourth-order valence-electron chi connectivity index (χ4n) is 1.32.